The Morgan fingerprint density at radius 2 is 1.79 bits per heavy atom. The molecule has 0 aromatic heterocycles. The number of nitrogens with one attached hydrogen (secondary N) is 1. The van der Waals surface area contributed by atoms with E-state index in [9.17, 15) is 9.59 Å². The van der Waals surface area contributed by atoms with E-state index in [1.807, 2.05) is 45.0 Å². The van der Waals surface area contributed by atoms with E-state index in [0.29, 0.717) is 44.1 Å². The third kappa shape index (κ3) is 7.24. The van der Waals surface area contributed by atoms with Crippen LogP contribution in [0.25, 0.3) is 0 Å². The Hall–Kier alpha value is -1.92. The molecule has 1 aliphatic heterocycles. The van der Waals surface area contributed by atoms with Crippen molar-refractivity contribution in [2.45, 2.75) is 46.1 Å². The van der Waals surface area contributed by atoms with Gasteiger partial charge in [-0.3, -0.25) is 9.59 Å². The molecule has 0 atom stereocenters. The van der Waals surface area contributed by atoms with E-state index in [4.69, 9.17) is 9.47 Å². The van der Waals surface area contributed by atoms with Crippen molar-refractivity contribution < 1.29 is 19.1 Å². The van der Waals surface area contributed by atoms with Crippen molar-refractivity contribution in [1.29, 1.82) is 0 Å². The number of amides is 1. The molecule has 1 aromatic carbocycles. The minimum Gasteiger partial charge on any atom is -0.377 e. The molecule has 1 aliphatic rings. The van der Waals surface area contributed by atoms with Gasteiger partial charge >= 0.3 is 0 Å². The van der Waals surface area contributed by atoms with Gasteiger partial charge in [0, 0.05) is 43.2 Å². The lowest BCUT2D eigenvalue weighted by Gasteiger charge is -2.33. The van der Waals surface area contributed by atoms with Crippen molar-refractivity contribution in [1.82, 2.24) is 5.32 Å². The quantitative estimate of drug-likeness (QED) is 0.588. The Kier molecular flexibility index (Phi) is 9.44. The van der Waals surface area contributed by atoms with E-state index in [0.717, 1.165) is 31.6 Å². The van der Waals surface area contributed by atoms with Crippen LogP contribution >= 0.6 is 0 Å². The minimum absolute atomic E-state index is 0.0965. The highest BCUT2D eigenvalue weighted by Gasteiger charge is 2.23. The van der Waals surface area contributed by atoms with Crippen molar-refractivity contribution in [2.24, 2.45) is 5.92 Å². The normalized spacial score (nSPS) is 15.1. The number of hydrogen-bond donors (Lipinski definition) is 1. The smallest absolute Gasteiger partial charge is 0.251 e. The van der Waals surface area contributed by atoms with Crippen LogP contribution < -0.4 is 10.2 Å². The fraction of sp³-hybridized carbons (Fsp3) is 0.636. The predicted molar refractivity (Wildman–Crippen MR) is 111 cm³/mol. The molecule has 28 heavy (non-hydrogen) atoms. The lowest BCUT2D eigenvalue weighted by atomic mass is 9.91. The van der Waals surface area contributed by atoms with Crippen LogP contribution in [0.4, 0.5) is 5.69 Å². The number of hydrogen-bond acceptors (Lipinski definition) is 5. The van der Waals surface area contributed by atoms with Crippen LogP contribution in [0.2, 0.25) is 0 Å². The number of ketones is 1. The number of nitrogens with zero attached hydrogens (tertiary/aromatic N) is 1. The number of rotatable bonds is 11. The zero-order chi connectivity index (χ0) is 20.4. The monoisotopic (exact) mass is 390 g/mol. The topological polar surface area (TPSA) is 67.9 Å². The maximum Gasteiger partial charge on any atom is 0.251 e. The third-order valence-corrected chi connectivity index (χ3v) is 5.00. The number of anilines is 1. The molecule has 0 radical (unpaired) electrons. The summed E-state index contributed by atoms with van der Waals surface area (Å²) in [5, 5.41) is 2.87. The molecule has 0 aliphatic carbocycles. The van der Waals surface area contributed by atoms with Gasteiger partial charge in [-0.05, 0) is 51.0 Å². The third-order valence-electron chi connectivity index (χ3n) is 5.00. The minimum atomic E-state index is -0.0965. The Balaban J connectivity index is 1.69. The molecule has 156 valence electrons. The second-order valence-corrected chi connectivity index (χ2v) is 7.42. The highest BCUT2D eigenvalue weighted by atomic mass is 16.5. The molecule has 1 fully saturated rings. The van der Waals surface area contributed by atoms with Gasteiger partial charge < -0.3 is 19.7 Å². The van der Waals surface area contributed by atoms with Crippen molar-refractivity contribution in [3.8, 4) is 0 Å². The summed E-state index contributed by atoms with van der Waals surface area (Å²) in [7, 11) is 0. The fourth-order valence-electron chi connectivity index (χ4n) is 3.36. The maximum absolute atomic E-state index is 12.2. The van der Waals surface area contributed by atoms with Gasteiger partial charge in [-0.15, -0.1) is 0 Å². The summed E-state index contributed by atoms with van der Waals surface area (Å²) in [5.74, 6) is 0.495. The van der Waals surface area contributed by atoms with Gasteiger partial charge in [0.25, 0.3) is 5.91 Å². The van der Waals surface area contributed by atoms with Crippen molar-refractivity contribution in [3.05, 3.63) is 29.8 Å². The number of piperidine rings is 1. The Labute approximate surface area is 168 Å². The van der Waals surface area contributed by atoms with Crippen molar-refractivity contribution in [3.63, 3.8) is 0 Å². The average Bonchev–Trinajstić information content (AvgIpc) is 2.72. The molecule has 1 heterocycles. The van der Waals surface area contributed by atoms with Crippen LogP contribution in [-0.2, 0) is 14.3 Å². The van der Waals surface area contributed by atoms with Crippen molar-refractivity contribution >= 4 is 17.4 Å². The lowest BCUT2D eigenvalue weighted by molar-refractivity contribution is -0.123. The van der Waals surface area contributed by atoms with Gasteiger partial charge in [-0.2, -0.15) is 0 Å². The molecule has 0 bridgehead atoms. The number of Topliss-reactive ketones (excluding diaryl/α,β-unsaturated/α-hetero) is 1. The summed E-state index contributed by atoms with van der Waals surface area (Å²) < 4.78 is 10.8. The summed E-state index contributed by atoms with van der Waals surface area (Å²) in [6.45, 7) is 9.73. The van der Waals surface area contributed by atoms with Crippen LogP contribution in [0.15, 0.2) is 24.3 Å². The van der Waals surface area contributed by atoms with Gasteiger partial charge in [0.1, 0.15) is 5.78 Å². The van der Waals surface area contributed by atoms with E-state index in [2.05, 4.69) is 10.2 Å². The molecule has 0 saturated carbocycles. The van der Waals surface area contributed by atoms with Gasteiger partial charge in [-0.1, -0.05) is 6.92 Å². The highest BCUT2D eigenvalue weighted by Crippen LogP contribution is 2.24. The molecule has 1 aromatic rings. The van der Waals surface area contributed by atoms with E-state index >= 15 is 0 Å². The number of ether oxygens (including phenoxy) is 2. The van der Waals surface area contributed by atoms with E-state index < -0.39 is 0 Å². The predicted octanol–water partition coefficient (Wildman–Crippen LogP) is 3.05. The van der Waals surface area contributed by atoms with Crippen LogP contribution in [0.5, 0.6) is 0 Å². The van der Waals surface area contributed by atoms with Gasteiger partial charge in [-0.25, -0.2) is 0 Å². The molecule has 6 nitrogen and oxygen atoms in total. The molecule has 6 heteroatoms. The van der Waals surface area contributed by atoms with Crippen LogP contribution in [0.1, 0.15) is 50.4 Å². The first-order chi connectivity index (χ1) is 13.5. The average molecular weight is 391 g/mol. The first-order valence-corrected chi connectivity index (χ1v) is 10.4. The van der Waals surface area contributed by atoms with Crippen LogP contribution in [0.3, 0.4) is 0 Å². The molecule has 0 unspecified atom stereocenters. The van der Waals surface area contributed by atoms with Gasteiger partial charge in [0.15, 0.2) is 0 Å². The van der Waals surface area contributed by atoms with Crippen LogP contribution in [-0.4, -0.2) is 57.2 Å². The van der Waals surface area contributed by atoms with E-state index in [1.54, 1.807) is 0 Å². The summed E-state index contributed by atoms with van der Waals surface area (Å²) in [6.07, 6.45) is 2.66. The van der Waals surface area contributed by atoms with E-state index in [1.165, 1.54) is 0 Å². The summed E-state index contributed by atoms with van der Waals surface area (Å²) in [4.78, 5) is 26.3. The molecular formula is C22H34N2O4. The molecule has 2 rings (SSSR count). The Bertz CT molecular complexity index is 607. The zero-order valence-electron chi connectivity index (χ0n) is 17.4. The number of benzene rings is 1. The standard InChI is InChI=1S/C22H34N2O4/c1-4-21(25)18-9-12-24(13-10-18)20-7-5-19(6-8-20)22(26)23-11-14-27-15-16-28-17(2)3/h5-8,17-18H,4,9-16H2,1-3H3,(H,23,26). The molecule has 1 amide bonds. The summed E-state index contributed by atoms with van der Waals surface area (Å²) in [6, 6.07) is 7.67. The van der Waals surface area contributed by atoms with Crippen molar-refractivity contribution in [2.75, 3.05) is 44.4 Å². The maximum atomic E-state index is 12.2. The summed E-state index contributed by atoms with van der Waals surface area (Å²) >= 11 is 0. The number of carbonyl (C=O) groups is 2. The van der Waals surface area contributed by atoms with E-state index in [-0.39, 0.29) is 17.9 Å². The lowest BCUT2D eigenvalue weighted by Crippen LogP contribution is -2.36. The Morgan fingerprint density at radius 3 is 2.39 bits per heavy atom. The summed E-state index contributed by atoms with van der Waals surface area (Å²) in [5.41, 5.74) is 1.75. The van der Waals surface area contributed by atoms with Gasteiger partial charge in [0.2, 0.25) is 0 Å². The Morgan fingerprint density at radius 1 is 1.11 bits per heavy atom. The first kappa shape index (κ1) is 22.4. The molecule has 0 spiro atoms. The largest absolute Gasteiger partial charge is 0.377 e. The van der Waals surface area contributed by atoms with Crippen LogP contribution in [0, 0.1) is 5.92 Å². The van der Waals surface area contributed by atoms with Gasteiger partial charge in [0.05, 0.1) is 25.9 Å². The zero-order valence-corrected chi connectivity index (χ0v) is 17.4. The first-order valence-electron chi connectivity index (χ1n) is 10.4. The highest BCUT2D eigenvalue weighted by molar-refractivity contribution is 5.94. The second kappa shape index (κ2) is 11.8. The molecule has 1 N–H and O–H groups in total. The fourth-order valence-corrected chi connectivity index (χ4v) is 3.36. The SMILES string of the molecule is CCC(=O)C1CCN(c2ccc(C(=O)NCCOCCOC(C)C)cc2)CC1. The number of carbonyl (C=O) groups excluding carboxylic acids is 2. The second-order valence-electron chi connectivity index (χ2n) is 7.42. The molecule has 1 saturated heterocycles. The molecular weight excluding hydrogens is 356 g/mol.